The van der Waals surface area contributed by atoms with Crippen LogP contribution in [0.5, 0.6) is 0 Å². The zero-order chi connectivity index (χ0) is 21.7. The Morgan fingerprint density at radius 3 is 2.35 bits per heavy atom. The third-order valence-corrected chi connectivity index (χ3v) is 5.53. The highest BCUT2D eigenvalue weighted by atomic mass is 127. The number of amides is 1. The lowest BCUT2D eigenvalue weighted by atomic mass is 9.98. The van der Waals surface area contributed by atoms with E-state index >= 15 is 0 Å². The van der Waals surface area contributed by atoms with E-state index in [1.807, 2.05) is 56.9 Å². The van der Waals surface area contributed by atoms with Crippen molar-refractivity contribution in [3.8, 4) is 6.07 Å². The third-order valence-electron chi connectivity index (χ3n) is 5.53. The van der Waals surface area contributed by atoms with Gasteiger partial charge in [-0.3, -0.25) is 0 Å². The summed E-state index contributed by atoms with van der Waals surface area (Å²) in [6.07, 6.45) is 3.67. The number of nitrogens with zero attached hydrogens (tertiary/aromatic N) is 3. The highest BCUT2D eigenvalue weighted by molar-refractivity contribution is 14.0. The van der Waals surface area contributed by atoms with Crippen molar-refractivity contribution in [2.45, 2.75) is 83.6 Å². The average Bonchev–Trinajstić information content (AvgIpc) is 2.96. The lowest BCUT2D eigenvalue weighted by Crippen LogP contribution is -2.55. The summed E-state index contributed by atoms with van der Waals surface area (Å²) in [6, 6.07) is 10.4. The molecule has 2 saturated heterocycles. The van der Waals surface area contributed by atoms with Gasteiger partial charge in [0.1, 0.15) is 5.60 Å². The molecule has 0 aliphatic carbocycles. The van der Waals surface area contributed by atoms with Crippen molar-refractivity contribution in [3.05, 3.63) is 35.4 Å². The number of nitriles is 1. The molecule has 8 heteroatoms. The zero-order valence-electron chi connectivity index (χ0n) is 18.9. The molecule has 0 radical (unpaired) electrons. The van der Waals surface area contributed by atoms with Gasteiger partial charge in [0.05, 0.1) is 18.2 Å². The number of guanidine groups is 1. The molecule has 170 valence electrons. The maximum absolute atomic E-state index is 12.6. The van der Waals surface area contributed by atoms with Gasteiger partial charge in [-0.25, -0.2) is 9.79 Å². The molecule has 2 N–H and O–H groups in total. The topological polar surface area (TPSA) is 89.8 Å². The van der Waals surface area contributed by atoms with Crippen LogP contribution in [0.4, 0.5) is 4.79 Å². The minimum absolute atomic E-state index is 0. The third kappa shape index (κ3) is 6.99. The minimum atomic E-state index is -0.470. The predicted octanol–water partition coefficient (Wildman–Crippen LogP) is 4.16. The first-order chi connectivity index (χ1) is 14.3. The van der Waals surface area contributed by atoms with Crippen molar-refractivity contribution < 1.29 is 9.53 Å². The number of fused-ring (bicyclic) bond motifs is 2. The molecule has 2 fully saturated rings. The van der Waals surface area contributed by atoms with Gasteiger partial charge in [0, 0.05) is 24.7 Å². The van der Waals surface area contributed by atoms with Gasteiger partial charge in [-0.2, -0.15) is 5.26 Å². The van der Waals surface area contributed by atoms with Gasteiger partial charge < -0.3 is 20.3 Å². The lowest BCUT2D eigenvalue weighted by Gasteiger charge is -2.40. The minimum Gasteiger partial charge on any atom is -0.444 e. The Morgan fingerprint density at radius 1 is 1.23 bits per heavy atom. The fourth-order valence-corrected chi connectivity index (χ4v) is 4.28. The molecule has 2 bridgehead atoms. The largest absolute Gasteiger partial charge is 0.444 e. The molecule has 1 aromatic rings. The van der Waals surface area contributed by atoms with Gasteiger partial charge in [0.15, 0.2) is 5.96 Å². The Hall–Kier alpha value is -2.02. The number of ether oxygens (including phenoxy) is 1. The number of piperidine rings is 1. The summed E-state index contributed by atoms with van der Waals surface area (Å²) in [4.78, 5) is 19.3. The van der Waals surface area contributed by atoms with E-state index in [0.29, 0.717) is 12.1 Å². The van der Waals surface area contributed by atoms with E-state index in [4.69, 9.17) is 15.0 Å². The van der Waals surface area contributed by atoms with Crippen molar-refractivity contribution >= 4 is 36.0 Å². The molecule has 2 aliphatic heterocycles. The summed E-state index contributed by atoms with van der Waals surface area (Å²) in [6.45, 7) is 9.11. The van der Waals surface area contributed by atoms with Crippen LogP contribution >= 0.6 is 24.0 Å². The molecular weight excluding hydrogens is 505 g/mol. The number of hydrogen-bond acceptors (Lipinski definition) is 4. The lowest BCUT2D eigenvalue weighted by molar-refractivity contribution is 0.00545. The Morgan fingerprint density at radius 2 is 1.84 bits per heavy atom. The molecule has 0 saturated carbocycles. The molecule has 31 heavy (non-hydrogen) atoms. The van der Waals surface area contributed by atoms with Crippen LogP contribution in [0, 0.1) is 11.3 Å². The summed E-state index contributed by atoms with van der Waals surface area (Å²) < 4.78 is 5.63. The maximum Gasteiger partial charge on any atom is 0.410 e. The van der Waals surface area contributed by atoms with E-state index in [1.54, 1.807) is 0 Å². The first-order valence-electron chi connectivity index (χ1n) is 10.8. The number of halogens is 1. The average molecular weight is 539 g/mol. The molecule has 2 heterocycles. The van der Waals surface area contributed by atoms with Gasteiger partial charge >= 0.3 is 6.09 Å². The number of aliphatic imine (C=N–C) groups is 1. The zero-order valence-corrected chi connectivity index (χ0v) is 21.2. The number of rotatable bonds is 4. The molecule has 7 nitrogen and oxygen atoms in total. The molecule has 2 unspecified atom stereocenters. The van der Waals surface area contributed by atoms with Gasteiger partial charge in [-0.05, 0) is 71.1 Å². The fraction of sp³-hybridized carbons (Fsp3) is 0.609. The van der Waals surface area contributed by atoms with E-state index in [-0.39, 0.29) is 48.2 Å². The fourth-order valence-electron chi connectivity index (χ4n) is 4.28. The highest BCUT2D eigenvalue weighted by Gasteiger charge is 2.45. The van der Waals surface area contributed by atoms with Gasteiger partial charge in [-0.15, -0.1) is 24.0 Å². The van der Waals surface area contributed by atoms with Crippen LogP contribution in [-0.2, 0) is 11.3 Å². The molecule has 1 aromatic carbocycles. The monoisotopic (exact) mass is 539 g/mol. The van der Waals surface area contributed by atoms with Crippen LogP contribution in [0.25, 0.3) is 0 Å². The molecular formula is C23H34IN5O2. The summed E-state index contributed by atoms with van der Waals surface area (Å²) in [7, 11) is 0. The Kier molecular flexibility index (Phi) is 8.98. The van der Waals surface area contributed by atoms with Crippen LogP contribution in [-0.4, -0.2) is 47.2 Å². The number of carbonyl (C=O) groups excluding carboxylic acids is 1. The molecule has 3 rings (SSSR count). The maximum atomic E-state index is 12.6. The molecule has 0 spiro atoms. The molecule has 2 atom stereocenters. The van der Waals surface area contributed by atoms with Gasteiger partial charge in [-0.1, -0.05) is 12.1 Å². The van der Waals surface area contributed by atoms with E-state index in [2.05, 4.69) is 16.7 Å². The van der Waals surface area contributed by atoms with Gasteiger partial charge in [0.2, 0.25) is 0 Å². The van der Waals surface area contributed by atoms with Crippen LogP contribution < -0.4 is 10.6 Å². The summed E-state index contributed by atoms with van der Waals surface area (Å²) >= 11 is 0. The van der Waals surface area contributed by atoms with Crippen molar-refractivity contribution in [3.63, 3.8) is 0 Å². The van der Waals surface area contributed by atoms with Crippen molar-refractivity contribution in [1.29, 1.82) is 5.26 Å². The number of nitrogens with one attached hydrogen (secondary N) is 2. The first kappa shape index (κ1) is 25.2. The molecule has 0 aromatic heterocycles. The Labute approximate surface area is 202 Å². The molecule has 1 amide bonds. The van der Waals surface area contributed by atoms with Crippen LogP contribution in [0.15, 0.2) is 29.3 Å². The SMILES string of the molecule is CCNC(=NCc1ccc(C#N)cc1)NC1CC2CCC(C1)N2C(=O)OC(C)(C)C.I. The van der Waals surface area contributed by atoms with Crippen molar-refractivity contribution in [1.82, 2.24) is 15.5 Å². The quantitative estimate of drug-likeness (QED) is 0.341. The summed E-state index contributed by atoms with van der Waals surface area (Å²) in [5.74, 6) is 0.789. The van der Waals surface area contributed by atoms with E-state index in [1.165, 1.54) is 0 Å². The second-order valence-corrected chi connectivity index (χ2v) is 9.09. The Balaban J connectivity index is 0.00000341. The van der Waals surface area contributed by atoms with Crippen molar-refractivity contribution in [2.75, 3.05) is 6.54 Å². The van der Waals surface area contributed by atoms with Crippen LogP contribution in [0.1, 0.15) is 64.5 Å². The Bertz CT molecular complexity index is 799. The number of benzene rings is 1. The first-order valence-corrected chi connectivity index (χ1v) is 10.8. The number of carbonyl (C=O) groups is 1. The van der Waals surface area contributed by atoms with Crippen LogP contribution in [0.2, 0.25) is 0 Å². The smallest absolute Gasteiger partial charge is 0.410 e. The standard InChI is InChI=1S/C23H33N5O2.HI/c1-5-25-21(26-15-17-8-6-16(14-24)7-9-17)27-18-12-19-10-11-20(13-18)28(19)22(29)30-23(2,3)4;/h6-9,18-20H,5,10-13,15H2,1-4H3,(H2,25,26,27);1H. The molecule has 2 aliphatic rings. The van der Waals surface area contributed by atoms with Crippen molar-refractivity contribution in [2.24, 2.45) is 4.99 Å². The highest BCUT2D eigenvalue weighted by Crippen LogP contribution is 2.36. The second kappa shape index (κ2) is 11.0. The second-order valence-electron chi connectivity index (χ2n) is 9.09. The van der Waals surface area contributed by atoms with E-state index in [0.717, 1.165) is 43.8 Å². The van der Waals surface area contributed by atoms with Crippen LogP contribution in [0.3, 0.4) is 0 Å². The number of hydrogen-bond donors (Lipinski definition) is 2. The predicted molar refractivity (Wildman–Crippen MR) is 132 cm³/mol. The van der Waals surface area contributed by atoms with E-state index < -0.39 is 5.60 Å². The summed E-state index contributed by atoms with van der Waals surface area (Å²) in [5, 5.41) is 15.8. The van der Waals surface area contributed by atoms with Gasteiger partial charge in [0.25, 0.3) is 0 Å². The normalized spacial score (nSPS) is 22.9. The summed E-state index contributed by atoms with van der Waals surface area (Å²) in [5.41, 5.74) is 1.24. The van der Waals surface area contributed by atoms with E-state index in [9.17, 15) is 4.79 Å².